The number of carbonyl (C=O) groups is 1. The molecule has 2 aromatic rings. The molecule has 104 valence electrons. The van der Waals surface area contributed by atoms with Crippen LogP contribution in [-0.2, 0) is 4.79 Å². The Morgan fingerprint density at radius 1 is 1.14 bits per heavy atom. The van der Waals surface area contributed by atoms with Crippen LogP contribution in [0, 0.1) is 16.5 Å². The monoisotopic (exact) mass is 298 g/mol. The zero-order valence-corrected chi connectivity index (χ0v) is 11.7. The highest BCUT2D eigenvalue weighted by molar-refractivity contribution is 8.03. The molecule has 0 spiro atoms. The van der Waals surface area contributed by atoms with Crippen LogP contribution in [0.25, 0.3) is 6.08 Å². The van der Waals surface area contributed by atoms with Gasteiger partial charge in [-0.1, -0.05) is 12.1 Å². The summed E-state index contributed by atoms with van der Waals surface area (Å²) in [5, 5.41) is 13.2. The van der Waals surface area contributed by atoms with Crippen molar-refractivity contribution in [2.45, 2.75) is 4.90 Å². The maximum absolute atomic E-state index is 12.7. The van der Waals surface area contributed by atoms with Crippen molar-refractivity contribution in [3.05, 3.63) is 66.0 Å². The number of thioether (sulfide) groups is 1. The molecule has 2 aromatic carbocycles. The Balaban J connectivity index is 1.95. The van der Waals surface area contributed by atoms with Gasteiger partial charge in [0, 0.05) is 16.7 Å². The number of rotatable bonds is 4. The normalized spacial score (nSPS) is 10.3. The minimum absolute atomic E-state index is 0.278. The van der Waals surface area contributed by atoms with E-state index in [1.165, 1.54) is 18.2 Å². The van der Waals surface area contributed by atoms with Gasteiger partial charge in [-0.2, -0.15) is 5.26 Å². The molecule has 3 nitrogen and oxygen atoms in total. The summed E-state index contributed by atoms with van der Waals surface area (Å²) < 4.78 is 12.7. The van der Waals surface area contributed by atoms with E-state index >= 15 is 0 Å². The number of nitriles is 1. The van der Waals surface area contributed by atoms with E-state index in [4.69, 9.17) is 5.26 Å². The summed E-state index contributed by atoms with van der Waals surface area (Å²) in [7, 11) is 0. The van der Waals surface area contributed by atoms with Crippen LogP contribution in [-0.4, -0.2) is 5.91 Å². The Bertz CT molecular complexity index is 688. The van der Waals surface area contributed by atoms with E-state index in [1.807, 2.05) is 5.40 Å². The Hall–Kier alpha value is -2.58. The predicted octanol–water partition coefficient (Wildman–Crippen LogP) is 4.05. The lowest BCUT2D eigenvalue weighted by Gasteiger charge is -2.02. The molecule has 0 aliphatic carbocycles. The number of thiocyanates is 1. The van der Waals surface area contributed by atoms with E-state index in [0.29, 0.717) is 5.69 Å². The second-order valence-electron chi connectivity index (χ2n) is 4.09. The molecular formula is C16H11FN2OS. The number of nitrogens with zero attached hydrogens (tertiary/aromatic N) is 1. The van der Waals surface area contributed by atoms with E-state index in [9.17, 15) is 9.18 Å². The molecule has 21 heavy (non-hydrogen) atoms. The second-order valence-corrected chi connectivity index (χ2v) is 4.95. The minimum Gasteiger partial charge on any atom is -0.323 e. The van der Waals surface area contributed by atoms with Gasteiger partial charge in [0.1, 0.15) is 11.2 Å². The smallest absolute Gasteiger partial charge is 0.248 e. The van der Waals surface area contributed by atoms with Gasteiger partial charge < -0.3 is 5.32 Å². The molecule has 5 heteroatoms. The van der Waals surface area contributed by atoms with E-state index in [-0.39, 0.29) is 11.7 Å². The average molecular weight is 298 g/mol. The van der Waals surface area contributed by atoms with Gasteiger partial charge in [-0.15, -0.1) is 0 Å². The summed E-state index contributed by atoms with van der Waals surface area (Å²) in [5.74, 6) is -0.591. The van der Waals surface area contributed by atoms with Crippen LogP contribution in [0.15, 0.2) is 59.5 Å². The van der Waals surface area contributed by atoms with Crippen molar-refractivity contribution in [1.82, 2.24) is 0 Å². The fourth-order valence-electron chi connectivity index (χ4n) is 1.59. The highest BCUT2D eigenvalue weighted by Crippen LogP contribution is 2.19. The van der Waals surface area contributed by atoms with Gasteiger partial charge in [-0.25, -0.2) is 4.39 Å². The van der Waals surface area contributed by atoms with E-state index in [1.54, 1.807) is 42.5 Å². The third kappa shape index (κ3) is 4.79. The van der Waals surface area contributed by atoms with Crippen LogP contribution in [0.2, 0.25) is 0 Å². The lowest BCUT2D eigenvalue weighted by molar-refractivity contribution is -0.111. The molecule has 0 saturated heterocycles. The highest BCUT2D eigenvalue weighted by Gasteiger charge is 1.99. The third-order valence-corrected chi connectivity index (χ3v) is 3.18. The van der Waals surface area contributed by atoms with Gasteiger partial charge in [-0.05, 0) is 59.8 Å². The van der Waals surface area contributed by atoms with Crippen molar-refractivity contribution in [2.24, 2.45) is 0 Å². The first-order valence-electron chi connectivity index (χ1n) is 6.08. The fourth-order valence-corrected chi connectivity index (χ4v) is 1.97. The number of amides is 1. The van der Waals surface area contributed by atoms with Crippen LogP contribution in [0.4, 0.5) is 10.1 Å². The van der Waals surface area contributed by atoms with Crippen molar-refractivity contribution in [1.29, 1.82) is 5.26 Å². The number of hydrogen-bond acceptors (Lipinski definition) is 3. The molecule has 0 aliphatic rings. The van der Waals surface area contributed by atoms with Gasteiger partial charge in [-0.3, -0.25) is 4.79 Å². The molecule has 0 heterocycles. The summed E-state index contributed by atoms with van der Waals surface area (Å²) in [6.07, 6.45) is 2.99. The van der Waals surface area contributed by atoms with Crippen molar-refractivity contribution >= 4 is 29.4 Å². The molecule has 1 amide bonds. The molecule has 0 unspecified atom stereocenters. The molecule has 2 rings (SSSR count). The van der Waals surface area contributed by atoms with Gasteiger partial charge >= 0.3 is 0 Å². The van der Waals surface area contributed by atoms with Gasteiger partial charge in [0.25, 0.3) is 0 Å². The standard InChI is InChI=1S/C16H11FN2OS/c17-13-4-1-12(2-5-13)3-10-16(20)19-14-6-8-15(9-7-14)21-11-18/h1-10H,(H,19,20)/b10-3+. The number of halogens is 1. The quantitative estimate of drug-likeness (QED) is 0.526. The average Bonchev–Trinajstić information content (AvgIpc) is 2.49. The molecule has 0 saturated carbocycles. The molecular weight excluding hydrogens is 287 g/mol. The first kappa shape index (κ1) is 14.8. The Labute approximate surface area is 126 Å². The molecule has 0 bridgehead atoms. The van der Waals surface area contributed by atoms with Crippen LogP contribution in [0.1, 0.15) is 5.56 Å². The Morgan fingerprint density at radius 2 is 1.81 bits per heavy atom. The zero-order valence-electron chi connectivity index (χ0n) is 10.9. The lowest BCUT2D eigenvalue weighted by Crippen LogP contribution is -2.07. The number of nitrogens with one attached hydrogen (secondary N) is 1. The Kier molecular flexibility index (Phi) is 5.13. The van der Waals surface area contributed by atoms with Gasteiger partial charge in [0.15, 0.2) is 0 Å². The highest BCUT2D eigenvalue weighted by atomic mass is 32.2. The van der Waals surface area contributed by atoms with Crippen molar-refractivity contribution in [3.63, 3.8) is 0 Å². The summed E-state index contributed by atoms with van der Waals surface area (Å²) >= 11 is 1.06. The first-order chi connectivity index (χ1) is 10.2. The summed E-state index contributed by atoms with van der Waals surface area (Å²) in [6.45, 7) is 0. The SMILES string of the molecule is N#CSc1ccc(NC(=O)/C=C/c2ccc(F)cc2)cc1. The molecule has 0 atom stereocenters. The lowest BCUT2D eigenvalue weighted by atomic mass is 10.2. The number of anilines is 1. The van der Waals surface area contributed by atoms with Gasteiger partial charge in [0.05, 0.1) is 0 Å². The molecule has 0 fully saturated rings. The number of benzene rings is 2. The summed E-state index contributed by atoms with van der Waals surface area (Å²) in [5.41, 5.74) is 1.39. The minimum atomic E-state index is -0.313. The predicted molar refractivity (Wildman–Crippen MR) is 82.0 cm³/mol. The summed E-state index contributed by atoms with van der Waals surface area (Å²) in [4.78, 5) is 12.6. The number of carbonyl (C=O) groups excluding carboxylic acids is 1. The zero-order chi connectivity index (χ0) is 15.1. The second kappa shape index (κ2) is 7.27. The first-order valence-corrected chi connectivity index (χ1v) is 6.89. The molecule has 0 aromatic heterocycles. The van der Waals surface area contributed by atoms with Crippen LogP contribution < -0.4 is 5.32 Å². The van der Waals surface area contributed by atoms with E-state index in [0.717, 1.165) is 22.2 Å². The van der Waals surface area contributed by atoms with Crippen LogP contribution in [0.3, 0.4) is 0 Å². The Morgan fingerprint density at radius 3 is 2.43 bits per heavy atom. The van der Waals surface area contributed by atoms with E-state index < -0.39 is 0 Å². The van der Waals surface area contributed by atoms with Crippen molar-refractivity contribution in [2.75, 3.05) is 5.32 Å². The topological polar surface area (TPSA) is 52.9 Å². The van der Waals surface area contributed by atoms with Crippen LogP contribution >= 0.6 is 11.8 Å². The maximum Gasteiger partial charge on any atom is 0.248 e. The molecule has 1 N–H and O–H groups in total. The summed E-state index contributed by atoms with van der Waals surface area (Å²) in [6, 6.07) is 12.8. The van der Waals surface area contributed by atoms with Gasteiger partial charge in [0.2, 0.25) is 5.91 Å². The fraction of sp³-hybridized carbons (Fsp3) is 0. The largest absolute Gasteiger partial charge is 0.323 e. The molecule has 0 aliphatic heterocycles. The van der Waals surface area contributed by atoms with Crippen molar-refractivity contribution in [3.8, 4) is 5.40 Å². The third-order valence-electron chi connectivity index (χ3n) is 2.58. The molecule has 0 radical (unpaired) electrons. The van der Waals surface area contributed by atoms with Crippen LogP contribution in [0.5, 0.6) is 0 Å². The van der Waals surface area contributed by atoms with Crippen molar-refractivity contribution < 1.29 is 9.18 Å². The van der Waals surface area contributed by atoms with E-state index in [2.05, 4.69) is 5.32 Å². The maximum atomic E-state index is 12.7. The number of hydrogen-bond donors (Lipinski definition) is 1.